The standard InChI is InChI=1S/C13H12O3/c1-15-12-5-3-4-9-8-10(13(14)16-2)6-7-11(9)12/h3-8H,1-2H3. The van der Waals surface area contributed by atoms with Crippen LogP contribution < -0.4 is 4.74 Å². The van der Waals surface area contributed by atoms with Gasteiger partial charge in [0.1, 0.15) is 5.75 Å². The Labute approximate surface area is 93.6 Å². The van der Waals surface area contributed by atoms with Gasteiger partial charge >= 0.3 is 5.97 Å². The molecule has 0 spiro atoms. The molecule has 0 N–H and O–H groups in total. The van der Waals surface area contributed by atoms with E-state index in [2.05, 4.69) is 4.74 Å². The molecule has 0 fully saturated rings. The predicted molar refractivity (Wildman–Crippen MR) is 61.8 cm³/mol. The normalized spacial score (nSPS) is 10.1. The van der Waals surface area contributed by atoms with Crippen molar-refractivity contribution in [2.24, 2.45) is 0 Å². The van der Waals surface area contributed by atoms with Crippen molar-refractivity contribution < 1.29 is 14.3 Å². The maximum absolute atomic E-state index is 11.4. The summed E-state index contributed by atoms with van der Waals surface area (Å²) in [6.07, 6.45) is 0. The molecule has 0 aliphatic rings. The number of hydrogen-bond acceptors (Lipinski definition) is 3. The summed E-state index contributed by atoms with van der Waals surface area (Å²) in [5.41, 5.74) is 0.545. The van der Waals surface area contributed by atoms with Crippen LogP contribution in [0.4, 0.5) is 0 Å². The second-order valence-corrected chi connectivity index (χ2v) is 3.39. The third-order valence-corrected chi connectivity index (χ3v) is 2.48. The Morgan fingerprint density at radius 1 is 1.12 bits per heavy atom. The SMILES string of the molecule is COC(=O)c1ccc2c(OC)cccc2c1. The molecule has 2 rings (SSSR count). The number of ether oxygens (including phenoxy) is 2. The fourth-order valence-corrected chi connectivity index (χ4v) is 1.68. The van der Waals surface area contributed by atoms with Crippen LogP contribution in [0.2, 0.25) is 0 Å². The third-order valence-electron chi connectivity index (χ3n) is 2.48. The molecule has 0 radical (unpaired) electrons. The van der Waals surface area contributed by atoms with Crippen LogP contribution in [0.3, 0.4) is 0 Å². The molecule has 0 aliphatic heterocycles. The molecule has 0 atom stereocenters. The Morgan fingerprint density at radius 3 is 2.62 bits per heavy atom. The van der Waals surface area contributed by atoms with Gasteiger partial charge in [-0.25, -0.2) is 4.79 Å². The number of carbonyl (C=O) groups is 1. The van der Waals surface area contributed by atoms with E-state index in [1.54, 1.807) is 19.2 Å². The highest BCUT2D eigenvalue weighted by atomic mass is 16.5. The van der Waals surface area contributed by atoms with Gasteiger partial charge in [-0.1, -0.05) is 12.1 Å². The fraction of sp³-hybridized carbons (Fsp3) is 0.154. The van der Waals surface area contributed by atoms with E-state index in [4.69, 9.17) is 4.74 Å². The summed E-state index contributed by atoms with van der Waals surface area (Å²) >= 11 is 0. The second-order valence-electron chi connectivity index (χ2n) is 3.39. The predicted octanol–water partition coefficient (Wildman–Crippen LogP) is 2.64. The summed E-state index contributed by atoms with van der Waals surface area (Å²) in [4.78, 5) is 11.4. The number of carbonyl (C=O) groups excluding carboxylic acids is 1. The van der Waals surface area contributed by atoms with Crippen molar-refractivity contribution >= 4 is 16.7 Å². The minimum Gasteiger partial charge on any atom is -0.496 e. The molecule has 3 heteroatoms. The number of benzene rings is 2. The third kappa shape index (κ3) is 1.72. The molecule has 3 nitrogen and oxygen atoms in total. The highest BCUT2D eigenvalue weighted by Gasteiger charge is 2.07. The van der Waals surface area contributed by atoms with Crippen molar-refractivity contribution in [1.82, 2.24) is 0 Å². The largest absolute Gasteiger partial charge is 0.496 e. The van der Waals surface area contributed by atoms with Gasteiger partial charge in [0.05, 0.1) is 19.8 Å². The topological polar surface area (TPSA) is 35.5 Å². The van der Waals surface area contributed by atoms with Crippen molar-refractivity contribution in [3.05, 3.63) is 42.0 Å². The maximum atomic E-state index is 11.4. The Balaban J connectivity index is 2.59. The van der Waals surface area contributed by atoms with E-state index in [1.165, 1.54) is 7.11 Å². The molecule has 0 saturated heterocycles. The fourth-order valence-electron chi connectivity index (χ4n) is 1.68. The maximum Gasteiger partial charge on any atom is 0.337 e. The van der Waals surface area contributed by atoms with Crippen LogP contribution in [0, 0.1) is 0 Å². The monoisotopic (exact) mass is 216 g/mol. The van der Waals surface area contributed by atoms with Gasteiger partial charge in [-0.3, -0.25) is 0 Å². The number of methoxy groups -OCH3 is 2. The van der Waals surface area contributed by atoms with E-state index in [1.807, 2.05) is 24.3 Å². The molecule has 0 amide bonds. The Kier molecular flexibility index (Phi) is 2.77. The number of esters is 1. The van der Waals surface area contributed by atoms with Crippen LogP contribution in [0.25, 0.3) is 10.8 Å². The molecule has 2 aromatic carbocycles. The molecule has 0 unspecified atom stereocenters. The molecule has 82 valence electrons. The van der Waals surface area contributed by atoms with Gasteiger partial charge in [0, 0.05) is 5.39 Å². The molecule has 0 aliphatic carbocycles. The van der Waals surface area contributed by atoms with Gasteiger partial charge < -0.3 is 9.47 Å². The zero-order valence-corrected chi connectivity index (χ0v) is 9.19. The van der Waals surface area contributed by atoms with E-state index in [9.17, 15) is 4.79 Å². The summed E-state index contributed by atoms with van der Waals surface area (Å²) in [5.74, 6) is 0.471. The highest BCUT2D eigenvalue weighted by Crippen LogP contribution is 2.26. The minimum atomic E-state index is -0.329. The van der Waals surface area contributed by atoms with Gasteiger partial charge in [0.25, 0.3) is 0 Å². The average Bonchev–Trinajstić information content (AvgIpc) is 2.36. The van der Waals surface area contributed by atoms with Crippen LogP contribution in [-0.4, -0.2) is 20.2 Å². The zero-order valence-electron chi connectivity index (χ0n) is 9.19. The van der Waals surface area contributed by atoms with E-state index < -0.39 is 0 Å². The molecule has 0 aromatic heterocycles. The molecule has 0 heterocycles. The minimum absolute atomic E-state index is 0.329. The lowest BCUT2D eigenvalue weighted by molar-refractivity contribution is 0.0601. The highest BCUT2D eigenvalue weighted by molar-refractivity contribution is 5.97. The summed E-state index contributed by atoms with van der Waals surface area (Å²) in [6, 6.07) is 11.1. The van der Waals surface area contributed by atoms with E-state index in [0.29, 0.717) is 5.56 Å². The van der Waals surface area contributed by atoms with Crippen LogP contribution in [0.15, 0.2) is 36.4 Å². The number of hydrogen-bond donors (Lipinski definition) is 0. The molecular formula is C13H12O3. The van der Waals surface area contributed by atoms with Crippen LogP contribution in [0.5, 0.6) is 5.75 Å². The van der Waals surface area contributed by atoms with Crippen LogP contribution in [-0.2, 0) is 4.74 Å². The van der Waals surface area contributed by atoms with Crippen molar-refractivity contribution in [2.75, 3.05) is 14.2 Å². The van der Waals surface area contributed by atoms with Gasteiger partial charge in [0.15, 0.2) is 0 Å². The lowest BCUT2D eigenvalue weighted by Crippen LogP contribution is -2.00. The lowest BCUT2D eigenvalue weighted by atomic mass is 10.1. The summed E-state index contributed by atoms with van der Waals surface area (Å²) in [6.45, 7) is 0. The first-order chi connectivity index (χ1) is 7.76. The molecule has 2 aromatic rings. The van der Waals surface area contributed by atoms with Gasteiger partial charge in [-0.2, -0.15) is 0 Å². The molecule has 16 heavy (non-hydrogen) atoms. The Hall–Kier alpha value is -2.03. The Bertz CT molecular complexity index is 532. The summed E-state index contributed by atoms with van der Waals surface area (Å²) in [5, 5.41) is 1.94. The average molecular weight is 216 g/mol. The molecular weight excluding hydrogens is 204 g/mol. The van der Waals surface area contributed by atoms with Crippen molar-refractivity contribution in [1.29, 1.82) is 0 Å². The lowest BCUT2D eigenvalue weighted by Gasteiger charge is -2.06. The van der Waals surface area contributed by atoms with E-state index in [0.717, 1.165) is 16.5 Å². The van der Waals surface area contributed by atoms with Gasteiger partial charge in [0.2, 0.25) is 0 Å². The quantitative estimate of drug-likeness (QED) is 0.724. The molecule has 0 bridgehead atoms. The Morgan fingerprint density at radius 2 is 1.94 bits per heavy atom. The van der Waals surface area contributed by atoms with Crippen molar-refractivity contribution in [3.63, 3.8) is 0 Å². The number of fused-ring (bicyclic) bond motifs is 1. The van der Waals surface area contributed by atoms with Gasteiger partial charge in [-0.05, 0) is 29.7 Å². The zero-order chi connectivity index (χ0) is 11.5. The summed E-state index contributed by atoms with van der Waals surface area (Å²) in [7, 11) is 3.00. The number of rotatable bonds is 2. The van der Waals surface area contributed by atoms with Crippen molar-refractivity contribution in [2.45, 2.75) is 0 Å². The summed E-state index contributed by atoms with van der Waals surface area (Å²) < 4.78 is 9.91. The van der Waals surface area contributed by atoms with E-state index in [-0.39, 0.29) is 5.97 Å². The first-order valence-corrected chi connectivity index (χ1v) is 4.91. The van der Waals surface area contributed by atoms with Crippen LogP contribution in [0.1, 0.15) is 10.4 Å². The van der Waals surface area contributed by atoms with E-state index >= 15 is 0 Å². The first kappa shape index (κ1) is 10.5. The smallest absolute Gasteiger partial charge is 0.337 e. The second kappa shape index (κ2) is 4.23. The van der Waals surface area contributed by atoms with Crippen molar-refractivity contribution in [3.8, 4) is 5.75 Å². The van der Waals surface area contributed by atoms with Gasteiger partial charge in [-0.15, -0.1) is 0 Å². The first-order valence-electron chi connectivity index (χ1n) is 4.91. The van der Waals surface area contributed by atoms with Crippen LogP contribution >= 0.6 is 0 Å². The molecule has 0 saturated carbocycles.